The first-order valence-corrected chi connectivity index (χ1v) is 24.6. The van der Waals surface area contributed by atoms with Gasteiger partial charge in [-0.3, -0.25) is 39.0 Å². The lowest BCUT2D eigenvalue weighted by atomic mass is 9.81. The second-order valence-electron chi connectivity index (χ2n) is 19.0. The number of nitrogens with one attached hydrogen (secondary N) is 2. The SMILES string of the molecule is CNC(=O)C1CCC(CN2C(=O)CC(SCCC(=O)N(C)[C@@H](C)C(=O)O[C@H]3CC(=O)N(C)c4cc(cc(C=O)c4Cl)C/C(C)=C/C=C/[C@@H](CO)[C@@]4(O)C[C@H](OC(=O)N4)[C@@H](C)[C@@H]4O[C@@]34C)C2=O)CC1. The van der Waals surface area contributed by atoms with E-state index in [9.17, 15) is 48.6 Å². The van der Waals surface area contributed by atoms with Crippen LogP contribution in [0, 0.1) is 23.7 Å². The van der Waals surface area contributed by atoms with E-state index in [1.807, 2.05) is 6.92 Å². The number of anilines is 1. The van der Waals surface area contributed by atoms with Crippen LogP contribution in [0.15, 0.2) is 35.9 Å². The van der Waals surface area contributed by atoms with Crippen molar-refractivity contribution < 1.29 is 62.8 Å². The normalized spacial score (nSPS) is 32.7. The third-order valence-electron chi connectivity index (χ3n) is 14.4. The number of hydrogen-bond donors (Lipinski definition) is 4. The van der Waals surface area contributed by atoms with Crippen LogP contribution in [-0.2, 0) is 49.4 Å². The van der Waals surface area contributed by atoms with Crippen molar-refractivity contribution in [1.82, 2.24) is 20.4 Å². The van der Waals surface area contributed by atoms with Crippen LogP contribution in [0.4, 0.5) is 10.5 Å². The molecule has 0 radical (unpaired) electrons. The predicted molar refractivity (Wildman–Crippen MR) is 251 cm³/mol. The van der Waals surface area contributed by atoms with Crippen LogP contribution in [0.2, 0.25) is 5.02 Å². The van der Waals surface area contributed by atoms with Gasteiger partial charge in [-0.25, -0.2) is 9.59 Å². The van der Waals surface area contributed by atoms with E-state index in [2.05, 4.69) is 10.6 Å². The van der Waals surface area contributed by atoms with Gasteiger partial charge < -0.3 is 39.5 Å². The number of likely N-dealkylation sites (N-methyl/N-ethyl adjacent to an activating group) is 1. The maximum atomic E-state index is 14.3. The first kappa shape index (κ1) is 52.5. The molecule has 4 aliphatic heterocycles. The molecule has 372 valence electrons. The number of epoxide rings is 1. The zero-order valence-electron chi connectivity index (χ0n) is 39.7. The summed E-state index contributed by atoms with van der Waals surface area (Å²) < 4.78 is 18.0. The number of esters is 1. The highest BCUT2D eigenvalue weighted by molar-refractivity contribution is 8.00. The number of carbonyl (C=O) groups excluding carboxylic acids is 8. The number of ether oxygens (including phenoxy) is 3. The fourth-order valence-corrected chi connectivity index (χ4v) is 11.1. The molecule has 1 aromatic carbocycles. The lowest BCUT2D eigenvalue weighted by Crippen LogP contribution is -2.62. The molecular weight excluding hydrogens is 922 g/mol. The second-order valence-corrected chi connectivity index (χ2v) is 20.7. The summed E-state index contributed by atoms with van der Waals surface area (Å²) in [4.78, 5) is 109. The first-order chi connectivity index (χ1) is 32.1. The van der Waals surface area contributed by atoms with Gasteiger partial charge in [-0.15, -0.1) is 11.8 Å². The number of amides is 6. The van der Waals surface area contributed by atoms with E-state index in [-0.39, 0.29) is 70.8 Å². The van der Waals surface area contributed by atoms with Gasteiger partial charge in [-0.1, -0.05) is 42.3 Å². The van der Waals surface area contributed by atoms with Crippen LogP contribution in [0.1, 0.15) is 95.0 Å². The van der Waals surface area contributed by atoms with Gasteiger partial charge in [0.05, 0.1) is 35.1 Å². The van der Waals surface area contributed by atoms with Gasteiger partial charge >= 0.3 is 12.1 Å². The van der Waals surface area contributed by atoms with E-state index in [4.69, 9.17) is 25.8 Å². The van der Waals surface area contributed by atoms with Crippen molar-refractivity contribution in [3.8, 4) is 0 Å². The minimum Gasteiger partial charge on any atom is -0.457 e. The van der Waals surface area contributed by atoms with Gasteiger partial charge in [0, 0.05) is 76.0 Å². The molecule has 68 heavy (non-hydrogen) atoms. The molecule has 1 unspecified atom stereocenters. The van der Waals surface area contributed by atoms with Crippen molar-refractivity contribution in [3.63, 3.8) is 0 Å². The minimum atomic E-state index is -1.92. The molecular formula is C48H64ClN5O13S. The number of benzene rings is 1. The number of fused-ring (bicyclic) bond motifs is 5. The van der Waals surface area contributed by atoms with E-state index in [1.165, 1.54) is 47.5 Å². The molecule has 6 amide bonds. The average Bonchev–Trinajstić information content (AvgIpc) is 3.94. The first-order valence-electron chi connectivity index (χ1n) is 23.2. The summed E-state index contributed by atoms with van der Waals surface area (Å²) in [6.07, 6.45) is 4.26. The summed E-state index contributed by atoms with van der Waals surface area (Å²) in [7, 11) is 4.53. The Morgan fingerprint density at radius 2 is 1.84 bits per heavy atom. The quantitative estimate of drug-likeness (QED) is 0.101. The molecule has 0 spiro atoms. The summed E-state index contributed by atoms with van der Waals surface area (Å²) in [6.45, 7) is 6.48. The number of allylic oxidation sites excluding steroid dienone is 3. The van der Waals surface area contributed by atoms with Gasteiger partial charge in [0.2, 0.25) is 29.5 Å². The summed E-state index contributed by atoms with van der Waals surface area (Å²) in [5.41, 5.74) is -1.42. The van der Waals surface area contributed by atoms with Crippen LogP contribution in [-0.4, -0.2) is 149 Å². The average molecular weight is 987 g/mol. The molecule has 3 saturated heterocycles. The van der Waals surface area contributed by atoms with Crippen LogP contribution in [0.3, 0.4) is 0 Å². The van der Waals surface area contributed by atoms with Crippen LogP contribution >= 0.6 is 23.4 Å². The Morgan fingerprint density at radius 3 is 2.50 bits per heavy atom. The lowest BCUT2D eigenvalue weighted by Gasteiger charge is -2.42. The van der Waals surface area contributed by atoms with E-state index in [0.29, 0.717) is 37.7 Å². The number of thioether (sulfide) groups is 1. The topological polar surface area (TPSA) is 242 Å². The Bertz CT molecular complexity index is 2220. The molecule has 20 heteroatoms. The number of nitrogens with zero attached hydrogens (tertiary/aromatic N) is 3. The molecule has 4 bridgehead atoms. The third-order valence-corrected chi connectivity index (χ3v) is 16.0. The number of likely N-dealkylation sites (tertiary alicyclic amines) is 1. The Morgan fingerprint density at radius 1 is 1.13 bits per heavy atom. The lowest BCUT2D eigenvalue weighted by molar-refractivity contribution is -0.162. The van der Waals surface area contributed by atoms with Crippen molar-refractivity contribution in [2.45, 2.75) is 126 Å². The number of carbonyl (C=O) groups is 8. The van der Waals surface area contributed by atoms with Crippen molar-refractivity contribution >= 4 is 76.9 Å². The van der Waals surface area contributed by atoms with Gasteiger partial charge in [-0.05, 0) is 76.5 Å². The Labute approximate surface area is 405 Å². The zero-order chi connectivity index (χ0) is 49.8. The molecule has 9 atom stereocenters. The molecule has 4 heterocycles. The third kappa shape index (κ3) is 11.6. The number of imide groups is 1. The molecule has 1 saturated carbocycles. The molecule has 1 aliphatic carbocycles. The fraction of sp³-hybridized carbons (Fsp3) is 0.625. The predicted octanol–water partition coefficient (Wildman–Crippen LogP) is 3.72. The molecule has 0 aromatic heterocycles. The molecule has 4 N–H and O–H groups in total. The Balaban J connectivity index is 1.15. The highest BCUT2D eigenvalue weighted by Gasteiger charge is 2.64. The molecule has 6 rings (SSSR count). The summed E-state index contributed by atoms with van der Waals surface area (Å²) >= 11 is 7.90. The van der Waals surface area contributed by atoms with Crippen LogP contribution in [0.25, 0.3) is 0 Å². The second kappa shape index (κ2) is 21.9. The van der Waals surface area contributed by atoms with Gasteiger partial charge in [0.1, 0.15) is 23.9 Å². The number of aliphatic hydroxyl groups is 2. The standard InChI is InChI=1S/C48H64ClN5O13S/c1-26-9-8-10-33(25-56)48(64)22-35(65-46(63)51-48)27(2)42-47(4,67-42)37(21-39(58)53(7)34-19-30(17-26)18-32(24-55)41(34)49)66-45(62)28(3)52(6)38(57)15-16-68-36-20-40(59)54(44(36)61)23-29-11-13-31(14-12-29)43(60)50-5/h8-10,18-19,24,27-29,31,33,35-37,42,56,64H,11-17,20-23,25H2,1-7H3,(H,50,60)(H,51,63)/b10-8+,26-9+/t27-,28+,29?,31?,33+,35+,36?,37+,42+,47+,48+/m1/s1. The smallest absolute Gasteiger partial charge is 0.409 e. The van der Waals surface area contributed by atoms with Gasteiger partial charge in [0.15, 0.2) is 12.0 Å². The summed E-state index contributed by atoms with van der Waals surface area (Å²) in [6, 6.07) is 2.14. The van der Waals surface area contributed by atoms with Crippen molar-refractivity contribution in [2.75, 3.05) is 44.9 Å². The highest BCUT2D eigenvalue weighted by atomic mass is 35.5. The number of rotatable bonds is 12. The monoisotopic (exact) mass is 985 g/mol. The van der Waals surface area contributed by atoms with E-state index < -0.39 is 89.7 Å². The molecule has 1 aromatic rings. The minimum absolute atomic E-state index is 0.00613. The number of aldehydes is 1. The van der Waals surface area contributed by atoms with Gasteiger partial charge in [-0.2, -0.15) is 0 Å². The van der Waals surface area contributed by atoms with Crippen molar-refractivity contribution in [2.24, 2.45) is 23.7 Å². The highest BCUT2D eigenvalue weighted by Crippen LogP contribution is 2.49. The number of aliphatic hydroxyl groups excluding tert-OH is 1. The fourth-order valence-electron chi connectivity index (χ4n) is 9.75. The largest absolute Gasteiger partial charge is 0.457 e. The molecule has 5 aliphatic rings. The molecule has 4 fully saturated rings. The van der Waals surface area contributed by atoms with Gasteiger partial charge in [0.25, 0.3) is 0 Å². The van der Waals surface area contributed by atoms with E-state index in [1.54, 1.807) is 51.3 Å². The number of halogens is 1. The van der Waals surface area contributed by atoms with Crippen LogP contribution in [0.5, 0.6) is 0 Å². The Kier molecular flexibility index (Phi) is 16.9. The summed E-state index contributed by atoms with van der Waals surface area (Å²) in [5, 5.41) is 26.7. The van der Waals surface area contributed by atoms with E-state index in [0.717, 1.165) is 18.4 Å². The van der Waals surface area contributed by atoms with Crippen molar-refractivity contribution in [3.05, 3.63) is 52.1 Å². The Hall–Kier alpha value is -4.82. The van der Waals surface area contributed by atoms with Crippen LogP contribution < -0.4 is 15.5 Å². The molecule has 18 nitrogen and oxygen atoms in total. The maximum Gasteiger partial charge on any atom is 0.409 e. The van der Waals surface area contributed by atoms with E-state index >= 15 is 0 Å². The number of alkyl carbamates (subject to hydrolysis) is 1. The number of hydrogen-bond acceptors (Lipinski definition) is 14. The van der Waals surface area contributed by atoms with Crippen molar-refractivity contribution in [1.29, 1.82) is 0 Å². The zero-order valence-corrected chi connectivity index (χ0v) is 41.2. The maximum absolute atomic E-state index is 14.3. The summed E-state index contributed by atoms with van der Waals surface area (Å²) in [5.74, 6) is -3.71.